The normalized spacial score (nSPS) is 18.7. The number of amides is 1. The fourth-order valence-electron chi connectivity index (χ4n) is 7.82. The third kappa shape index (κ3) is 5.92. The van der Waals surface area contributed by atoms with E-state index in [1.807, 2.05) is 29.2 Å². The summed E-state index contributed by atoms with van der Waals surface area (Å²) >= 11 is 0. The van der Waals surface area contributed by atoms with E-state index in [4.69, 9.17) is 25.6 Å². The van der Waals surface area contributed by atoms with Crippen LogP contribution in [-0.4, -0.2) is 95.8 Å². The first-order valence-electron chi connectivity index (χ1n) is 16.5. The maximum Gasteiger partial charge on any atom is 0.407 e. The summed E-state index contributed by atoms with van der Waals surface area (Å²) in [6.07, 6.45) is 9.07. The third-order valence-corrected chi connectivity index (χ3v) is 10.1. The molecule has 1 aromatic heterocycles. The summed E-state index contributed by atoms with van der Waals surface area (Å²) in [7, 11) is 1.53. The number of nitrogens with zero attached hydrogens (tertiary/aromatic N) is 6. The Hall–Kier alpha value is -5.17. The minimum atomic E-state index is -1.08. The van der Waals surface area contributed by atoms with Gasteiger partial charge in [0.15, 0.2) is 12.6 Å². The molecule has 252 valence electrons. The summed E-state index contributed by atoms with van der Waals surface area (Å²) in [5.41, 5.74) is 1.39. The number of anilines is 1. The molecule has 7 rings (SSSR count). The van der Waals surface area contributed by atoms with Gasteiger partial charge in [0.25, 0.3) is 0 Å². The fraction of sp³-hybridized carbons (Fsp3) is 0.405. The van der Waals surface area contributed by atoms with Crippen molar-refractivity contribution in [1.29, 1.82) is 5.26 Å². The molecular weight excluding hydrogens is 627 g/mol. The Bertz CT molecular complexity index is 2000. The number of hydrogen-bond donors (Lipinski definition) is 1. The first kappa shape index (κ1) is 32.4. The van der Waals surface area contributed by atoms with Crippen molar-refractivity contribution in [3.05, 3.63) is 53.8 Å². The van der Waals surface area contributed by atoms with E-state index in [0.717, 1.165) is 44.2 Å². The number of terminal acetylenes is 1. The van der Waals surface area contributed by atoms with E-state index < -0.39 is 18.0 Å². The second kappa shape index (κ2) is 13.4. The molecule has 3 aromatic carbocycles. The quantitative estimate of drug-likeness (QED) is 0.178. The summed E-state index contributed by atoms with van der Waals surface area (Å²) in [6, 6.07) is 14.2. The first-order chi connectivity index (χ1) is 23.9. The van der Waals surface area contributed by atoms with Crippen LogP contribution in [0.4, 0.5) is 15.0 Å². The van der Waals surface area contributed by atoms with Crippen LogP contribution in [0.3, 0.4) is 0 Å². The molecule has 11 nitrogen and oxygen atoms in total. The number of rotatable bonds is 9. The van der Waals surface area contributed by atoms with Gasteiger partial charge in [-0.3, -0.25) is 4.90 Å². The van der Waals surface area contributed by atoms with Crippen LogP contribution >= 0.6 is 0 Å². The second-order valence-corrected chi connectivity index (χ2v) is 12.9. The molecule has 1 amide bonds. The molecule has 4 heterocycles. The number of carboxylic acid groups (broad SMARTS) is 1. The van der Waals surface area contributed by atoms with Crippen molar-refractivity contribution < 1.29 is 28.5 Å². The van der Waals surface area contributed by atoms with Gasteiger partial charge in [0.2, 0.25) is 0 Å². The average molecular weight is 665 g/mol. The predicted octanol–water partition coefficient (Wildman–Crippen LogP) is 5.64. The minimum absolute atomic E-state index is 0.0120. The van der Waals surface area contributed by atoms with Gasteiger partial charge in [-0.05, 0) is 74.0 Å². The predicted molar refractivity (Wildman–Crippen MR) is 182 cm³/mol. The van der Waals surface area contributed by atoms with Crippen molar-refractivity contribution in [2.45, 2.75) is 43.7 Å². The molecule has 0 unspecified atom stereocenters. The standard InChI is InChI=1S/C37H37FN6O5/c1-3-24-7-4-8-25-19-27(49-23-47-2)20-30(31(24)25)28-9-10-29-33(32(28)38)40-35(48-22-37-12-5-15-43(37)16-6-13-37)41-34(29)42-17-18-44(36(45)46)26(21-42)11-14-39/h1,4,7-10,19-20,26H,5-6,11-13,15-18,21-23H2,2H3,(H,45,46)/t26-/m0/s1. The summed E-state index contributed by atoms with van der Waals surface area (Å²) in [4.78, 5) is 27.1. The van der Waals surface area contributed by atoms with Crippen LogP contribution in [0.25, 0.3) is 32.8 Å². The highest BCUT2D eigenvalue weighted by Crippen LogP contribution is 2.41. The Morgan fingerprint density at radius 3 is 2.65 bits per heavy atom. The lowest BCUT2D eigenvalue weighted by Gasteiger charge is -2.40. The summed E-state index contributed by atoms with van der Waals surface area (Å²) < 4.78 is 34.4. The fourth-order valence-corrected chi connectivity index (χ4v) is 7.82. The molecule has 3 fully saturated rings. The number of hydrogen-bond acceptors (Lipinski definition) is 9. The van der Waals surface area contributed by atoms with Crippen LogP contribution in [0.5, 0.6) is 11.8 Å². The SMILES string of the molecule is C#Cc1cccc2cc(OCOC)cc(-c3ccc4c(N5CCN(C(=O)O)[C@@H](CC#N)C5)nc(OCC56CCCN5CCC6)nc4c3F)c12. The van der Waals surface area contributed by atoms with Crippen molar-refractivity contribution in [3.8, 4) is 41.3 Å². The third-order valence-electron chi connectivity index (χ3n) is 10.1. The molecule has 0 radical (unpaired) electrons. The summed E-state index contributed by atoms with van der Waals surface area (Å²) in [5.74, 6) is 3.07. The zero-order chi connectivity index (χ0) is 34.1. The Labute approximate surface area is 283 Å². The number of piperazine rings is 1. The molecule has 3 aliphatic rings. The Morgan fingerprint density at radius 2 is 1.92 bits per heavy atom. The molecule has 12 heteroatoms. The maximum absolute atomic E-state index is 17.1. The van der Waals surface area contributed by atoms with Crippen LogP contribution in [-0.2, 0) is 4.74 Å². The van der Waals surface area contributed by atoms with Crippen molar-refractivity contribution in [1.82, 2.24) is 19.8 Å². The lowest BCUT2D eigenvalue weighted by Crippen LogP contribution is -2.55. The Morgan fingerprint density at radius 1 is 1.10 bits per heavy atom. The molecule has 3 saturated heterocycles. The number of methoxy groups -OCH3 is 1. The van der Waals surface area contributed by atoms with Crippen molar-refractivity contribution in [2.75, 3.05) is 58.1 Å². The maximum atomic E-state index is 17.1. The number of nitriles is 1. The van der Waals surface area contributed by atoms with Crippen LogP contribution in [0.2, 0.25) is 0 Å². The molecule has 3 aliphatic heterocycles. The molecule has 1 atom stereocenters. The molecular formula is C37H37FN6O5. The highest BCUT2D eigenvalue weighted by atomic mass is 19.1. The second-order valence-electron chi connectivity index (χ2n) is 12.9. The van der Waals surface area contributed by atoms with E-state index >= 15 is 4.39 Å². The zero-order valence-electron chi connectivity index (χ0n) is 27.3. The van der Waals surface area contributed by atoms with Gasteiger partial charge in [0.1, 0.15) is 23.7 Å². The number of benzene rings is 3. The van der Waals surface area contributed by atoms with E-state index in [1.165, 1.54) is 12.0 Å². The lowest BCUT2D eigenvalue weighted by molar-refractivity contribution is 0.0512. The van der Waals surface area contributed by atoms with Gasteiger partial charge in [-0.25, -0.2) is 9.18 Å². The van der Waals surface area contributed by atoms with Crippen LogP contribution in [0.1, 0.15) is 37.7 Å². The molecule has 0 aliphatic carbocycles. The zero-order valence-corrected chi connectivity index (χ0v) is 27.3. The number of ether oxygens (including phenoxy) is 3. The van der Waals surface area contributed by atoms with Gasteiger partial charge in [0, 0.05) is 48.6 Å². The smallest absolute Gasteiger partial charge is 0.407 e. The van der Waals surface area contributed by atoms with Crippen LogP contribution in [0, 0.1) is 29.5 Å². The Balaban J connectivity index is 1.37. The average Bonchev–Trinajstić information content (AvgIpc) is 3.70. The molecule has 0 bridgehead atoms. The highest BCUT2D eigenvalue weighted by Gasteiger charge is 2.45. The minimum Gasteiger partial charge on any atom is -0.468 e. The van der Waals surface area contributed by atoms with Gasteiger partial charge < -0.3 is 29.1 Å². The first-order valence-corrected chi connectivity index (χ1v) is 16.5. The van der Waals surface area contributed by atoms with Crippen molar-refractivity contribution in [2.24, 2.45) is 0 Å². The van der Waals surface area contributed by atoms with E-state index in [-0.39, 0.29) is 48.9 Å². The molecule has 4 aromatic rings. The molecule has 49 heavy (non-hydrogen) atoms. The number of halogens is 1. The monoisotopic (exact) mass is 664 g/mol. The van der Waals surface area contributed by atoms with Crippen molar-refractivity contribution >= 4 is 33.6 Å². The molecule has 1 N–H and O–H groups in total. The highest BCUT2D eigenvalue weighted by molar-refractivity contribution is 6.04. The summed E-state index contributed by atoms with van der Waals surface area (Å²) in [5, 5.41) is 21.2. The van der Waals surface area contributed by atoms with Gasteiger partial charge in [-0.1, -0.05) is 24.1 Å². The van der Waals surface area contributed by atoms with Gasteiger partial charge in [-0.2, -0.15) is 15.2 Å². The van der Waals surface area contributed by atoms with Gasteiger partial charge >= 0.3 is 12.1 Å². The van der Waals surface area contributed by atoms with Crippen LogP contribution in [0.15, 0.2) is 42.5 Å². The molecule has 0 spiro atoms. The lowest BCUT2D eigenvalue weighted by atomic mass is 9.93. The topological polar surface area (TPSA) is 124 Å². The van der Waals surface area contributed by atoms with Crippen molar-refractivity contribution in [3.63, 3.8) is 0 Å². The van der Waals surface area contributed by atoms with E-state index in [9.17, 15) is 15.2 Å². The van der Waals surface area contributed by atoms with E-state index in [1.54, 1.807) is 18.2 Å². The number of aromatic nitrogens is 2. The number of carbonyl (C=O) groups is 1. The van der Waals surface area contributed by atoms with E-state index in [2.05, 4.69) is 21.9 Å². The van der Waals surface area contributed by atoms with E-state index in [0.29, 0.717) is 46.6 Å². The molecule has 0 saturated carbocycles. The van der Waals surface area contributed by atoms with Gasteiger partial charge in [0.05, 0.1) is 24.1 Å². The van der Waals surface area contributed by atoms with Gasteiger partial charge in [-0.15, -0.1) is 6.42 Å². The summed E-state index contributed by atoms with van der Waals surface area (Å²) in [6.45, 7) is 3.13. The number of fused-ring (bicyclic) bond motifs is 3. The Kier molecular flexibility index (Phi) is 8.84. The largest absolute Gasteiger partial charge is 0.468 e. The van der Waals surface area contributed by atoms with Crippen LogP contribution < -0.4 is 14.4 Å².